The number of benzene rings is 2. The van der Waals surface area contributed by atoms with E-state index in [2.05, 4.69) is 23.9 Å². The van der Waals surface area contributed by atoms with Crippen molar-refractivity contribution >= 4 is 5.91 Å². The third-order valence-electron chi connectivity index (χ3n) is 5.30. The third kappa shape index (κ3) is 3.31. The predicted molar refractivity (Wildman–Crippen MR) is 107 cm³/mol. The fourth-order valence-corrected chi connectivity index (χ4v) is 3.73. The molecule has 144 valence electrons. The van der Waals surface area contributed by atoms with Crippen LogP contribution < -0.4 is 0 Å². The lowest BCUT2D eigenvalue weighted by molar-refractivity contribution is 0.0417. The third-order valence-corrected chi connectivity index (χ3v) is 5.30. The van der Waals surface area contributed by atoms with Gasteiger partial charge in [-0.2, -0.15) is 5.10 Å². The molecule has 1 atom stereocenters. The fourth-order valence-electron chi connectivity index (χ4n) is 3.73. The molecule has 0 saturated carbocycles. The van der Waals surface area contributed by atoms with Crippen molar-refractivity contribution in [2.24, 2.45) is 0 Å². The number of amides is 1. The summed E-state index contributed by atoms with van der Waals surface area (Å²) >= 11 is 0. The molecule has 1 fully saturated rings. The van der Waals surface area contributed by atoms with E-state index in [4.69, 9.17) is 0 Å². The van der Waals surface area contributed by atoms with Gasteiger partial charge in [-0.25, -0.2) is 9.67 Å². The molecule has 1 saturated heterocycles. The van der Waals surface area contributed by atoms with E-state index in [9.17, 15) is 9.90 Å². The van der Waals surface area contributed by atoms with Crippen molar-refractivity contribution < 1.29 is 9.90 Å². The van der Waals surface area contributed by atoms with Crippen molar-refractivity contribution in [3.05, 3.63) is 72.1 Å². The molecule has 2 heterocycles. The highest BCUT2D eigenvalue weighted by atomic mass is 16.3. The molecule has 6 nitrogen and oxygen atoms in total. The Balaban J connectivity index is 1.51. The van der Waals surface area contributed by atoms with Crippen LogP contribution in [0.3, 0.4) is 0 Å². The SMILES string of the molecule is CC(C)n1ncnc1-c1ccc(C(=O)N2CCC(O)(c3ccccc3)C2)cc1. The molecule has 0 aliphatic carbocycles. The number of hydrogen-bond acceptors (Lipinski definition) is 4. The smallest absolute Gasteiger partial charge is 0.253 e. The van der Waals surface area contributed by atoms with E-state index < -0.39 is 5.60 Å². The second kappa shape index (κ2) is 7.20. The van der Waals surface area contributed by atoms with Gasteiger partial charge in [0, 0.05) is 23.7 Å². The fraction of sp³-hybridized carbons (Fsp3) is 0.318. The maximum atomic E-state index is 12.9. The lowest BCUT2D eigenvalue weighted by Gasteiger charge is -2.24. The first-order valence-corrected chi connectivity index (χ1v) is 9.55. The number of rotatable bonds is 4. The largest absolute Gasteiger partial charge is 0.383 e. The van der Waals surface area contributed by atoms with Gasteiger partial charge in [-0.05, 0) is 38.0 Å². The van der Waals surface area contributed by atoms with Crippen molar-refractivity contribution in [1.82, 2.24) is 19.7 Å². The van der Waals surface area contributed by atoms with Crippen LogP contribution in [0.4, 0.5) is 0 Å². The maximum absolute atomic E-state index is 12.9. The van der Waals surface area contributed by atoms with Gasteiger partial charge in [0.15, 0.2) is 5.82 Å². The van der Waals surface area contributed by atoms with Gasteiger partial charge in [0.1, 0.15) is 11.9 Å². The first-order chi connectivity index (χ1) is 13.5. The Morgan fingerprint density at radius 3 is 2.50 bits per heavy atom. The number of likely N-dealkylation sites (tertiary alicyclic amines) is 1. The second-order valence-electron chi connectivity index (χ2n) is 7.57. The predicted octanol–water partition coefficient (Wildman–Crippen LogP) is 3.26. The van der Waals surface area contributed by atoms with E-state index in [0.29, 0.717) is 25.1 Å². The Hall–Kier alpha value is -2.99. The summed E-state index contributed by atoms with van der Waals surface area (Å²) in [6, 6.07) is 17.2. The summed E-state index contributed by atoms with van der Waals surface area (Å²) in [5.74, 6) is 0.720. The maximum Gasteiger partial charge on any atom is 0.253 e. The van der Waals surface area contributed by atoms with E-state index in [-0.39, 0.29) is 11.9 Å². The van der Waals surface area contributed by atoms with Crippen LogP contribution >= 0.6 is 0 Å². The van der Waals surface area contributed by atoms with Gasteiger partial charge in [-0.1, -0.05) is 42.5 Å². The lowest BCUT2D eigenvalue weighted by Crippen LogP contribution is -2.34. The number of β-amino-alcohol motifs (C(OH)–C–C–N with tert-alkyl or cyclic N) is 1. The van der Waals surface area contributed by atoms with Gasteiger partial charge >= 0.3 is 0 Å². The highest BCUT2D eigenvalue weighted by molar-refractivity contribution is 5.95. The van der Waals surface area contributed by atoms with Crippen LogP contribution in [0.1, 0.15) is 42.2 Å². The molecule has 28 heavy (non-hydrogen) atoms. The van der Waals surface area contributed by atoms with Crippen LogP contribution in [0, 0.1) is 0 Å². The van der Waals surface area contributed by atoms with Gasteiger partial charge < -0.3 is 10.0 Å². The molecule has 1 aromatic heterocycles. The Morgan fingerprint density at radius 2 is 1.82 bits per heavy atom. The van der Waals surface area contributed by atoms with Crippen LogP contribution in [-0.4, -0.2) is 43.8 Å². The van der Waals surface area contributed by atoms with Crippen LogP contribution in [0.15, 0.2) is 60.9 Å². The highest BCUT2D eigenvalue weighted by Crippen LogP contribution is 2.32. The molecule has 1 N–H and O–H groups in total. The van der Waals surface area contributed by atoms with Crippen LogP contribution in [-0.2, 0) is 5.60 Å². The zero-order valence-electron chi connectivity index (χ0n) is 16.1. The molecule has 1 amide bonds. The van der Waals surface area contributed by atoms with Crippen molar-refractivity contribution in [3.63, 3.8) is 0 Å². The Labute approximate surface area is 164 Å². The first-order valence-electron chi connectivity index (χ1n) is 9.55. The Morgan fingerprint density at radius 1 is 1.11 bits per heavy atom. The molecule has 1 aliphatic heterocycles. The minimum atomic E-state index is -0.982. The van der Waals surface area contributed by atoms with E-state index in [1.165, 1.54) is 0 Å². The monoisotopic (exact) mass is 376 g/mol. The molecule has 1 aliphatic rings. The second-order valence-corrected chi connectivity index (χ2v) is 7.57. The van der Waals surface area contributed by atoms with Crippen LogP contribution in [0.25, 0.3) is 11.4 Å². The summed E-state index contributed by atoms with van der Waals surface area (Å²) in [5.41, 5.74) is 1.40. The van der Waals surface area contributed by atoms with Gasteiger partial charge in [0.25, 0.3) is 5.91 Å². The molecule has 3 aromatic rings. The van der Waals surface area contributed by atoms with Crippen LogP contribution in [0.5, 0.6) is 0 Å². The van der Waals surface area contributed by atoms with Gasteiger partial charge in [0.05, 0.1) is 6.54 Å². The summed E-state index contributed by atoms with van der Waals surface area (Å²) in [6.07, 6.45) is 2.08. The molecule has 2 aromatic carbocycles. The average molecular weight is 376 g/mol. The van der Waals surface area contributed by atoms with E-state index in [1.54, 1.807) is 11.2 Å². The summed E-state index contributed by atoms with van der Waals surface area (Å²) in [4.78, 5) is 19.0. The summed E-state index contributed by atoms with van der Waals surface area (Å²) in [5, 5.41) is 15.2. The summed E-state index contributed by atoms with van der Waals surface area (Å²) in [6.45, 7) is 4.95. The molecular weight excluding hydrogens is 352 g/mol. The van der Waals surface area contributed by atoms with E-state index >= 15 is 0 Å². The van der Waals surface area contributed by atoms with Crippen molar-refractivity contribution in [2.45, 2.75) is 31.9 Å². The zero-order chi connectivity index (χ0) is 19.7. The lowest BCUT2D eigenvalue weighted by atomic mass is 9.93. The number of carbonyl (C=O) groups excluding carboxylic acids is 1. The normalized spacial score (nSPS) is 19.4. The first kappa shape index (κ1) is 18.4. The molecule has 4 rings (SSSR count). The number of aliphatic hydroxyl groups is 1. The number of nitrogens with zero attached hydrogens (tertiary/aromatic N) is 4. The molecule has 0 spiro atoms. The molecule has 0 bridgehead atoms. The Kier molecular flexibility index (Phi) is 4.73. The van der Waals surface area contributed by atoms with Gasteiger partial charge in [0.2, 0.25) is 0 Å². The van der Waals surface area contributed by atoms with Crippen molar-refractivity contribution in [3.8, 4) is 11.4 Å². The highest BCUT2D eigenvalue weighted by Gasteiger charge is 2.39. The van der Waals surface area contributed by atoms with Gasteiger partial charge in [-0.15, -0.1) is 0 Å². The summed E-state index contributed by atoms with van der Waals surface area (Å²) in [7, 11) is 0. The van der Waals surface area contributed by atoms with Crippen molar-refractivity contribution in [1.29, 1.82) is 0 Å². The zero-order valence-corrected chi connectivity index (χ0v) is 16.1. The number of carbonyl (C=O) groups is 1. The number of hydrogen-bond donors (Lipinski definition) is 1. The van der Waals surface area contributed by atoms with E-state index in [1.807, 2.05) is 59.3 Å². The van der Waals surface area contributed by atoms with Crippen molar-refractivity contribution in [2.75, 3.05) is 13.1 Å². The minimum Gasteiger partial charge on any atom is -0.383 e. The number of aromatic nitrogens is 3. The standard InChI is InChI=1S/C22H24N4O2/c1-16(2)26-20(23-15-24-26)17-8-10-18(11-9-17)21(27)25-13-12-22(28,14-25)19-6-4-3-5-7-19/h3-11,15-16,28H,12-14H2,1-2H3. The molecule has 6 heteroatoms. The molecular formula is C22H24N4O2. The van der Waals surface area contributed by atoms with Gasteiger partial charge in [-0.3, -0.25) is 4.79 Å². The van der Waals surface area contributed by atoms with Crippen LogP contribution in [0.2, 0.25) is 0 Å². The van der Waals surface area contributed by atoms with E-state index in [0.717, 1.165) is 17.0 Å². The minimum absolute atomic E-state index is 0.0660. The molecule has 0 radical (unpaired) electrons. The Bertz CT molecular complexity index is 966. The molecule has 1 unspecified atom stereocenters. The summed E-state index contributed by atoms with van der Waals surface area (Å²) < 4.78 is 1.86. The quantitative estimate of drug-likeness (QED) is 0.759. The topological polar surface area (TPSA) is 71.2 Å². The average Bonchev–Trinajstić information content (AvgIpc) is 3.36.